The Morgan fingerprint density at radius 2 is 2.38 bits per heavy atom. The first-order chi connectivity index (χ1) is 7.66. The smallest absolute Gasteiger partial charge is 0.0704 e. The lowest BCUT2D eigenvalue weighted by molar-refractivity contribution is 0.373. The largest absolute Gasteiger partial charge is 0.309 e. The third-order valence-corrected chi connectivity index (χ3v) is 4.75. The van der Waals surface area contributed by atoms with E-state index in [9.17, 15) is 0 Å². The van der Waals surface area contributed by atoms with Crippen LogP contribution in [0.25, 0.3) is 0 Å². The molecule has 0 bridgehead atoms. The van der Waals surface area contributed by atoms with E-state index >= 15 is 0 Å². The molecule has 90 valence electrons. The van der Waals surface area contributed by atoms with Crippen molar-refractivity contribution in [1.82, 2.24) is 10.2 Å². The number of likely N-dealkylation sites (N-methyl/N-ethyl adjacent to an activating group) is 1. The molecule has 0 saturated carbocycles. The highest BCUT2D eigenvalue weighted by Gasteiger charge is 2.21. The number of rotatable bonds is 4. The summed E-state index contributed by atoms with van der Waals surface area (Å²) in [4.78, 5) is 3.79. The zero-order valence-electron chi connectivity index (χ0n) is 9.92. The van der Waals surface area contributed by atoms with Gasteiger partial charge in [-0.25, -0.2) is 0 Å². The summed E-state index contributed by atoms with van der Waals surface area (Å²) in [5.41, 5.74) is 1.53. The zero-order chi connectivity index (χ0) is 11.5. The van der Waals surface area contributed by atoms with E-state index in [2.05, 4.69) is 46.3 Å². The fourth-order valence-corrected chi connectivity index (χ4v) is 4.02. The van der Waals surface area contributed by atoms with Crippen LogP contribution in [0.2, 0.25) is 0 Å². The van der Waals surface area contributed by atoms with Crippen LogP contribution in [0.4, 0.5) is 0 Å². The first-order valence-electron chi connectivity index (χ1n) is 5.83. The van der Waals surface area contributed by atoms with Crippen LogP contribution in [-0.4, -0.2) is 32.1 Å². The lowest BCUT2D eigenvalue weighted by atomic mass is 9.94. The number of hydrogen-bond donors (Lipinski definition) is 1. The molecule has 0 aliphatic heterocycles. The Kier molecular flexibility index (Phi) is 4.41. The van der Waals surface area contributed by atoms with Gasteiger partial charge in [-0.2, -0.15) is 0 Å². The van der Waals surface area contributed by atoms with Crippen molar-refractivity contribution < 1.29 is 0 Å². The highest BCUT2D eigenvalue weighted by atomic mass is 79.9. The normalized spacial score (nSPS) is 20.1. The maximum absolute atomic E-state index is 3.67. The van der Waals surface area contributed by atoms with Gasteiger partial charge in [0.05, 0.1) is 3.79 Å². The lowest BCUT2D eigenvalue weighted by Gasteiger charge is -2.24. The summed E-state index contributed by atoms with van der Waals surface area (Å²) < 4.78 is 1.28. The minimum Gasteiger partial charge on any atom is -0.309 e. The van der Waals surface area contributed by atoms with E-state index in [4.69, 9.17) is 0 Å². The Morgan fingerprint density at radius 1 is 1.56 bits per heavy atom. The molecule has 1 atom stereocenters. The molecule has 1 heterocycles. The van der Waals surface area contributed by atoms with Gasteiger partial charge in [0.15, 0.2) is 0 Å². The highest BCUT2D eigenvalue weighted by molar-refractivity contribution is 9.11. The van der Waals surface area contributed by atoms with Crippen LogP contribution in [0.1, 0.15) is 29.3 Å². The second kappa shape index (κ2) is 5.63. The van der Waals surface area contributed by atoms with E-state index in [0.717, 1.165) is 13.1 Å². The molecular formula is C12H19BrN2S. The second-order valence-electron chi connectivity index (χ2n) is 4.63. The van der Waals surface area contributed by atoms with Crippen molar-refractivity contribution in [3.05, 3.63) is 20.3 Å². The van der Waals surface area contributed by atoms with Crippen LogP contribution in [0.15, 0.2) is 9.85 Å². The predicted molar refractivity (Wildman–Crippen MR) is 74.3 cm³/mol. The molecule has 1 aromatic rings. The molecule has 1 aromatic heterocycles. The van der Waals surface area contributed by atoms with E-state index in [1.54, 1.807) is 4.88 Å². The molecular weight excluding hydrogens is 284 g/mol. The van der Waals surface area contributed by atoms with Gasteiger partial charge in [-0.15, -0.1) is 11.3 Å². The minimum absolute atomic E-state index is 0.575. The first kappa shape index (κ1) is 12.6. The van der Waals surface area contributed by atoms with Crippen molar-refractivity contribution in [2.24, 2.45) is 0 Å². The van der Waals surface area contributed by atoms with Gasteiger partial charge in [0.1, 0.15) is 0 Å². The van der Waals surface area contributed by atoms with Crippen molar-refractivity contribution in [1.29, 1.82) is 0 Å². The van der Waals surface area contributed by atoms with Crippen LogP contribution in [0.5, 0.6) is 0 Å². The summed E-state index contributed by atoms with van der Waals surface area (Å²) in [5.74, 6) is 0. The molecule has 16 heavy (non-hydrogen) atoms. The van der Waals surface area contributed by atoms with E-state index in [-0.39, 0.29) is 0 Å². The average Bonchev–Trinajstić information content (AvgIpc) is 2.58. The van der Waals surface area contributed by atoms with Gasteiger partial charge in [0.25, 0.3) is 0 Å². The molecule has 1 unspecified atom stereocenters. The molecule has 2 nitrogen and oxygen atoms in total. The van der Waals surface area contributed by atoms with Gasteiger partial charge in [-0.05, 0) is 60.9 Å². The second-order valence-corrected chi connectivity index (χ2v) is 7.15. The van der Waals surface area contributed by atoms with Crippen molar-refractivity contribution >= 4 is 27.3 Å². The average molecular weight is 303 g/mol. The molecule has 0 amide bonds. The fraction of sp³-hybridized carbons (Fsp3) is 0.667. The first-order valence-corrected chi connectivity index (χ1v) is 7.44. The number of halogens is 1. The molecule has 0 radical (unpaired) electrons. The lowest BCUT2D eigenvalue weighted by Crippen LogP contribution is -2.31. The van der Waals surface area contributed by atoms with Crippen LogP contribution >= 0.6 is 27.3 Å². The van der Waals surface area contributed by atoms with Gasteiger partial charge in [-0.3, -0.25) is 0 Å². The Bertz CT molecular complexity index is 349. The molecule has 0 spiro atoms. The standard InChI is InChI=1S/C12H19BrN2S/c1-15(2)7-6-14-10-4-3-5-11-9(10)8-12(13)16-11/h8,10,14H,3-7H2,1-2H3. The number of thiophene rings is 1. The summed E-state index contributed by atoms with van der Waals surface area (Å²) in [5, 5.41) is 3.67. The molecule has 1 N–H and O–H groups in total. The van der Waals surface area contributed by atoms with Crippen molar-refractivity contribution in [3.8, 4) is 0 Å². The number of aryl methyl sites for hydroxylation is 1. The van der Waals surface area contributed by atoms with Crippen molar-refractivity contribution in [2.45, 2.75) is 25.3 Å². The van der Waals surface area contributed by atoms with Gasteiger partial charge in [0, 0.05) is 24.0 Å². The van der Waals surface area contributed by atoms with Crippen LogP contribution < -0.4 is 5.32 Å². The quantitative estimate of drug-likeness (QED) is 0.920. The summed E-state index contributed by atoms with van der Waals surface area (Å²) in [7, 11) is 4.24. The minimum atomic E-state index is 0.575. The van der Waals surface area contributed by atoms with E-state index in [1.807, 2.05) is 11.3 Å². The third kappa shape index (κ3) is 3.06. The zero-order valence-corrected chi connectivity index (χ0v) is 12.3. The number of nitrogens with zero attached hydrogens (tertiary/aromatic N) is 1. The van der Waals surface area contributed by atoms with Crippen LogP contribution in [-0.2, 0) is 6.42 Å². The van der Waals surface area contributed by atoms with Crippen molar-refractivity contribution in [3.63, 3.8) is 0 Å². The Balaban J connectivity index is 1.96. The maximum atomic E-state index is 3.67. The molecule has 2 rings (SSSR count). The van der Waals surface area contributed by atoms with E-state index < -0.39 is 0 Å². The summed E-state index contributed by atoms with van der Waals surface area (Å²) in [6.45, 7) is 2.18. The Labute approximate surface area is 110 Å². The maximum Gasteiger partial charge on any atom is 0.0704 e. The van der Waals surface area contributed by atoms with Crippen molar-refractivity contribution in [2.75, 3.05) is 27.2 Å². The van der Waals surface area contributed by atoms with Gasteiger partial charge in [-0.1, -0.05) is 0 Å². The van der Waals surface area contributed by atoms with Crippen LogP contribution in [0, 0.1) is 0 Å². The summed E-state index contributed by atoms with van der Waals surface area (Å²) in [6, 6.07) is 2.87. The predicted octanol–water partition coefficient (Wildman–Crippen LogP) is 3.04. The van der Waals surface area contributed by atoms with E-state index in [0.29, 0.717) is 6.04 Å². The number of nitrogens with one attached hydrogen (secondary N) is 1. The third-order valence-electron chi connectivity index (χ3n) is 3.03. The van der Waals surface area contributed by atoms with E-state index in [1.165, 1.54) is 28.6 Å². The molecule has 0 saturated heterocycles. The van der Waals surface area contributed by atoms with Crippen LogP contribution in [0.3, 0.4) is 0 Å². The summed E-state index contributed by atoms with van der Waals surface area (Å²) in [6.07, 6.45) is 3.86. The van der Waals surface area contributed by atoms with Gasteiger partial charge >= 0.3 is 0 Å². The van der Waals surface area contributed by atoms with Gasteiger partial charge in [0.2, 0.25) is 0 Å². The fourth-order valence-electron chi connectivity index (χ4n) is 2.20. The topological polar surface area (TPSA) is 15.3 Å². The molecule has 1 aliphatic carbocycles. The highest BCUT2D eigenvalue weighted by Crippen LogP contribution is 2.37. The Morgan fingerprint density at radius 3 is 3.12 bits per heavy atom. The monoisotopic (exact) mass is 302 g/mol. The summed E-state index contributed by atoms with van der Waals surface area (Å²) >= 11 is 5.49. The van der Waals surface area contributed by atoms with Gasteiger partial charge < -0.3 is 10.2 Å². The molecule has 1 aliphatic rings. The number of fused-ring (bicyclic) bond motifs is 1. The molecule has 4 heteroatoms. The number of hydrogen-bond acceptors (Lipinski definition) is 3. The molecule has 0 fully saturated rings. The molecule has 0 aromatic carbocycles. The SMILES string of the molecule is CN(C)CCNC1CCCc2sc(Br)cc21. The Hall–Kier alpha value is 0.100.